The molecule has 0 aliphatic heterocycles. The third-order valence-electron chi connectivity index (χ3n) is 5.87. The first-order valence-corrected chi connectivity index (χ1v) is 12.7. The molecule has 1 N–H and O–H groups in total. The maximum atomic E-state index is 13.7. The fourth-order valence-corrected chi connectivity index (χ4v) is 5.68. The molecule has 1 aliphatic rings. The van der Waals surface area contributed by atoms with Gasteiger partial charge < -0.3 is 10.2 Å². The van der Waals surface area contributed by atoms with Crippen LogP contribution >= 0.6 is 58.0 Å². The number of anilines is 1. The highest BCUT2D eigenvalue weighted by molar-refractivity contribution is 6.53. The van der Waals surface area contributed by atoms with Gasteiger partial charge in [0.2, 0.25) is 5.91 Å². The zero-order valence-electron chi connectivity index (χ0n) is 19.1. The Morgan fingerprint density at radius 1 is 1.05 bits per heavy atom. The summed E-state index contributed by atoms with van der Waals surface area (Å²) in [6.07, 6.45) is 1.23. The molecule has 0 bridgehead atoms. The van der Waals surface area contributed by atoms with Crippen molar-refractivity contribution in [2.24, 2.45) is 11.1 Å². The smallest absolute Gasteiger partial charge is 0.231 e. The van der Waals surface area contributed by atoms with E-state index >= 15 is 0 Å². The fourth-order valence-electron chi connectivity index (χ4n) is 4.08. The number of carbonyl (C=O) groups is 2. The minimum atomic E-state index is -1.36. The lowest BCUT2D eigenvalue weighted by Crippen LogP contribution is -2.17. The number of nitrogens with one attached hydrogen (secondary N) is 1. The summed E-state index contributed by atoms with van der Waals surface area (Å²) in [6.45, 7) is 0. The van der Waals surface area contributed by atoms with Crippen LogP contribution in [0.25, 0.3) is 0 Å². The molecule has 0 aromatic heterocycles. The van der Waals surface area contributed by atoms with E-state index in [1.54, 1.807) is 24.3 Å². The van der Waals surface area contributed by atoms with Gasteiger partial charge in [0.25, 0.3) is 0 Å². The lowest BCUT2D eigenvalue weighted by atomic mass is 9.98. The zero-order chi connectivity index (χ0) is 26.9. The number of ketones is 1. The molecule has 1 fully saturated rings. The minimum Gasteiger partial charge on any atom is -0.399 e. The van der Waals surface area contributed by atoms with Crippen LogP contribution in [-0.4, -0.2) is 29.3 Å². The Kier molecular flexibility index (Phi) is 8.36. The predicted molar refractivity (Wildman–Crippen MR) is 146 cm³/mol. The largest absolute Gasteiger partial charge is 0.399 e. The average Bonchev–Trinajstić information content (AvgIpc) is 3.41. The van der Waals surface area contributed by atoms with Crippen molar-refractivity contribution in [2.75, 3.05) is 12.4 Å². The van der Waals surface area contributed by atoms with Gasteiger partial charge in [-0.15, -0.1) is 23.2 Å². The highest BCUT2D eigenvalue weighted by Gasteiger charge is 2.67. The Hall–Kier alpha value is -2.35. The van der Waals surface area contributed by atoms with E-state index in [0.717, 1.165) is 0 Å². The minimum absolute atomic E-state index is 0.0881. The lowest BCUT2D eigenvalue weighted by Gasteiger charge is -2.10. The van der Waals surface area contributed by atoms with Crippen molar-refractivity contribution in [1.82, 2.24) is 0 Å². The second-order valence-corrected chi connectivity index (χ2v) is 11.1. The second-order valence-electron chi connectivity index (χ2n) is 8.38. The van der Waals surface area contributed by atoms with E-state index in [1.165, 1.54) is 43.7 Å². The van der Waals surface area contributed by atoms with Gasteiger partial charge in [0.05, 0.1) is 17.2 Å². The van der Waals surface area contributed by atoms with Crippen molar-refractivity contribution in [3.8, 4) is 0 Å². The van der Waals surface area contributed by atoms with Crippen molar-refractivity contribution >= 4 is 81.6 Å². The van der Waals surface area contributed by atoms with Crippen LogP contribution in [-0.2, 0) is 16.1 Å². The quantitative estimate of drug-likeness (QED) is 0.124. The van der Waals surface area contributed by atoms with E-state index in [-0.39, 0.29) is 22.8 Å². The molecule has 5 nitrogen and oxygen atoms in total. The number of nitrogens with zero attached hydrogens (tertiary/aromatic N) is 1. The summed E-state index contributed by atoms with van der Waals surface area (Å²) < 4.78 is 12.3. The summed E-state index contributed by atoms with van der Waals surface area (Å²) in [6, 6.07) is 13.4. The van der Waals surface area contributed by atoms with E-state index in [2.05, 4.69) is 15.3 Å². The molecule has 0 saturated heterocycles. The number of oxime groups is 1. The van der Waals surface area contributed by atoms with Crippen LogP contribution in [0, 0.1) is 11.7 Å². The maximum absolute atomic E-state index is 13.7. The first-order chi connectivity index (χ1) is 17.5. The summed E-state index contributed by atoms with van der Waals surface area (Å²) in [7, 11) is 1.35. The van der Waals surface area contributed by atoms with Gasteiger partial charge in [-0.05, 0) is 59.7 Å². The van der Waals surface area contributed by atoms with Crippen LogP contribution in [0.2, 0.25) is 15.1 Å². The van der Waals surface area contributed by atoms with E-state index in [0.29, 0.717) is 32.4 Å². The highest BCUT2D eigenvalue weighted by atomic mass is 35.5. The monoisotopic (exact) mass is 600 g/mol. The van der Waals surface area contributed by atoms with Crippen molar-refractivity contribution in [3.05, 3.63) is 97.7 Å². The van der Waals surface area contributed by atoms with Crippen molar-refractivity contribution < 1.29 is 18.8 Å². The standard InChI is InChI=1S/C26H18Cl5FN2O3/c1-37-33-12-15-8-18(32)3-2-13(15)9-22(35)20-11-19(4-5-21(20)29)34-25(36)24-23(26(24,30)31)14-6-16(27)10-17(28)7-14/h2-8,10-12,23-24H,9H2,1H3,(H,34,36)/b33-12+. The molecule has 192 valence electrons. The zero-order valence-corrected chi connectivity index (χ0v) is 22.9. The third-order valence-corrected chi connectivity index (χ3v) is 7.58. The number of hydrogen-bond acceptors (Lipinski definition) is 4. The molecule has 1 amide bonds. The second kappa shape index (κ2) is 11.2. The number of rotatable bonds is 8. The van der Waals surface area contributed by atoms with Crippen LogP contribution in [0.4, 0.5) is 10.1 Å². The number of alkyl halides is 2. The van der Waals surface area contributed by atoms with Crippen molar-refractivity contribution in [1.29, 1.82) is 0 Å². The molecule has 4 rings (SSSR count). The molecular formula is C26H18Cl5FN2O3. The van der Waals surface area contributed by atoms with Crippen LogP contribution in [0.3, 0.4) is 0 Å². The Bertz CT molecular complexity index is 1390. The summed E-state index contributed by atoms with van der Waals surface area (Å²) in [5, 5.41) is 7.39. The Labute approximate surface area is 237 Å². The molecule has 2 atom stereocenters. The van der Waals surface area contributed by atoms with Gasteiger partial charge in [-0.2, -0.15) is 0 Å². The number of halogens is 6. The summed E-state index contributed by atoms with van der Waals surface area (Å²) in [5.41, 5.74) is 2.05. The van der Waals surface area contributed by atoms with Gasteiger partial charge in [-0.3, -0.25) is 9.59 Å². The number of amides is 1. The van der Waals surface area contributed by atoms with Gasteiger partial charge in [-0.25, -0.2) is 4.39 Å². The van der Waals surface area contributed by atoms with E-state index in [1.807, 2.05) is 0 Å². The molecule has 1 saturated carbocycles. The number of hydrogen-bond donors (Lipinski definition) is 1. The molecule has 0 spiro atoms. The van der Waals surface area contributed by atoms with Crippen molar-refractivity contribution in [3.63, 3.8) is 0 Å². The van der Waals surface area contributed by atoms with Crippen molar-refractivity contribution in [2.45, 2.75) is 16.7 Å². The van der Waals surface area contributed by atoms with Crippen LogP contribution in [0.1, 0.15) is 33.0 Å². The fraction of sp³-hybridized carbons (Fsp3) is 0.192. The van der Waals surface area contributed by atoms with Gasteiger partial charge in [0, 0.05) is 39.2 Å². The predicted octanol–water partition coefficient (Wildman–Crippen LogP) is 7.72. The molecule has 11 heteroatoms. The first-order valence-electron chi connectivity index (χ1n) is 10.8. The summed E-state index contributed by atoms with van der Waals surface area (Å²) in [4.78, 5) is 30.8. The van der Waals surface area contributed by atoms with Crippen LogP contribution < -0.4 is 5.32 Å². The molecule has 3 aromatic carbocycles. The third kappa shape index (κ3) is 6.21. The van der Waals surface area contributed by atoms with E-state index in [4.69, 9.17) is 58.0 Å². The first kappa shape index (κ1) is 27.7. The number of carbonyl (C=O) groups excluding carboxylic acids is 2. The Balaban J connectivity index is 1.52. The Morgan fingerprint density at radius 2 is 1.76 bits per heavy atom. The molecular weight excluding hydrogens is 585 g/mol. The van der Waals surface area contributed by atoms with E-state index < -0.39 is 27.9 Å². The summed E-state index contributed by atoms with van der Waals surface area (Å²) in [5.74, 6) is -2.57. The van der Waals surface area contributed by atoms with Gasteiger partial charge in [0.15, 0.2) is 5.78 Å². The van der Waals surface area contributed by atoms with Crippen LogP contribution in [0.5, 0.6) is 0 Å². The molecule has 37 heavy (non-hydrogen) atoms. The molecule has 0 radical (unpaired) electrons. The molecule has 1 aliphatic carbocycles. The van der Waals surface area contributed by atoms with Gasteiger partial charge in [-0.1, -0.05) is 46.0 Å². The average molecular weight is 603 g/mol. The van der Waals surface area contributed by atoms with Gasteiger partial charge in [0.1, 0.15) is 17.3 Å². The van der Waals surface area contributed by atoms with Gasteiger partial charge >= 0.3 is 0 Å². The maximum Gasteiger partial charge on any atom is 0.231 e. The Morgan fingerprint density at radius 3 is 2.43 bits per heavy atom. The lowest BCUT2D eigenvalue weighted by molar-refractivity contribution is -0.117. The molecule has 3 aromatic rings. The highest BCUT2D eigenvalue weighted by Crippen LogP contribution is 2.65. The van der Waals surface area contributed by atoms with E-state index in [9.17, 15) is 14.0 Å². The molecule has 0 heterocycles. The number of Topliss-reactive ketones (excluding diaryl/α,β-unsaturated/α-hetero) is 1. The number of benzene rings is 3. The molecule has 2 unspecified atom stereocenters. The SMILES string of the molecule is CO/N=C/c1cc(F)ccc1CC(=O)c1cc(NC(=O)C2C(c3cc(Cl)cc(Cl)c3)C2(Cl)Cl)ccc1Cl. The topological polar surface area (TPSA) is 67.8 Å². The van der Waals surface area contributed by atoms with Crippen LogP contribution in [0.15, 0.2) is 59.8 Å². The normalized spacial score (nSPS) is 18.0. The summed E-state index contributed by atoms with van der Waals surface area (Å²) >= 11 is 31.3.